The summed E-state index contributed by atoms with van der Waals surface area (Å²) in [5.41, 5.74) is 4.69. The highest BCUT2D eigenvalue weighted by Gasteiger charge is 2.13. The molecule has 2 aromatic rings. The molecule has 0 N–H and O–H groups in total. The van der Waals surface area contributed by atoms with E-state index >= 15 is 0 Å². The second kappa shape index (κ2) is 7.45. The lowest BCUT2D eigenvalue weighted by atomic mass is 10.0. The SMILES string of the molecule is Cc1ccc(CCCC(=O)c2ccc(N3CCCC3)cc2)cc1. The first-order chi connectivity index (χ1) is 11.2. The van der Waals surface area contributed by atoms with Crippen LogP contribution in [0.5, 0.6) is 0 Å². The Morgan fingerprint density at radius 2 is 1.61 bits per heavy atom. The molecule has 2 nitrogen and oxygen atoms in total. The maximum Gasteiger partial charge on any atom is 0.162 e. The molecule has 0 atom stereocenters. The Labute approximate surface area is 139 Å². The molecule has 3 rings (SSSR count). The Morgan fingerprint density at radius 3 is 2.26 bits per heavy atom. The lowest BCUT2D eigenvalue weighted by Crippen LogP contribution is -2.17. The molecule has 0 spiro atoms. The van der Waals surface area contributed by atoms with Gasteiger partial charge in [-0.05, 0) is 62.4 Å². The first kappa shape index (κ1) is 15.8. The van der Waals surface area contributed by atoms with Crippen molar-refractivity contribution in [3.8, 4) is 0 Å². The fourth-order valence-corrected chi connectivity index (χ4v) is 3.19. The normalized spacial score (nSPS) is 14.2. The van der Waals surface area contributed by atoms with Crippen LogP contribution in [0.2, 0.25) is 0 Å². The molecule has 120 valence electrons. The number of ketones is 1. The number of anilines is 1. The van der Waals surface area contributed by atoms with E-state index in [0.29, 0.717) is 6.42 Å². The van der Waals surface area contributed by atoms with Crippen molar-refractivity contribution in [2.24, 2.45) is 0 Å². The van der Waals surface area contributed by atoms with Crippen LogP contribution in [0.15, 0.2) is 48.5 Å². The van der Waals surface area contributed by atoms with Crippen molar-refractivity contribution in [3.05, 3.63) is 65.2 Å². The van der Waals surface area contributed by atoms with E-state index in [0.717, 1.165) is 31.5 Å². The lowest BCUT2D eigenvalue weighted by molar-refractivity contribution is 0.0980. The van der Waals surface area contributed by atoms with Crippen molar-refractivity contribution in [2.75, 3.05) is 18.0 Å². The van der Waals surface area contributed by atoms with Gasteiger partial charge in [0.15, 0.2) is 5.78 Å². The van der Waals surface area contributed by atoms with E-state index in [1.807, 2.05) is 12.1 Å². The number of aryl methyl sites for hydroxylation is 2. The van der Waals surface area contributed by atoms with Crippen molar-refractivity contribution in [1.82, 2.24) is 0 Å². The third kappa shape index (κ3) is 4.22. The Kier molecular flexibility index (Phi) is 5.12. The second-order valence-electron chi connectivity index (χ2n) is 6.50. The molecule has 0 aromatic heterocycles. The van der Waals surface area contributed by atoms with Crippen LogP contribution >= 0.6 is 0 Å². The smallest absolute Gasteiger partial charge is 0.162 e. The largest absolute Gasteiger partial charge is 0.372 e. The van der Waals surface area contributed by atoms with E-state index in [2.05, 4.69) is 48.2 Å². The number of hydrogen-bond acceptors (Lipinski definition) is 2. The minimum atomic E-state index is 0.255. The lowest BCUT2D eigenvalue weighted by Gasteiger charge is -2.17. The first-order valence-corrected chi connectivity index (χ1v) is 8.66. The van der Waals surface area contributed by atoms with E-state index < -0.39 is 0 Å². The zero-order chi connectivity index (χ0) is 16.1. The molecule has 1 heterocycles. The van der Waals surface area contributed by atoms with Gasteiger partial charge in [-0.25, -0.2) is 0 Å². The first-order valence-electron chi connectivity index (χ1n) is 8.66. The van der Waals surface area contributed by atoms with Gasteiger partial charge in [-0.15, -0.1) is 0 Å². The fourth-order valence-electron chi connectivity index (χ4n) is 3.19. The summed E-state index contributed by atoms with van der Waals surface area (Å²) in [6, 6.07) is 16.7. The highest BCUT2D eigenvalue weighted by Crippen LogP contribution is 2.21. The van der Waals surface area contributed by atoms with Gasteiger partial charge in [-0.3, -0.25) is 4.79 Å². The van der Waals surface area contributed by atoms with Crippen molar-refractivity contribution < 1.29 is 4.79 Å². The van der Waals surface area contributed by atoms with Gasteiger partial charge >= 0.3 is 0 Å². The van der Waals surface area contributed by atoms with Gasteiger partial charge in [0.1, 0.15) is 0 Å². The van der Waals surface area contributed by atoms with Crippen LogP contribution in [0.4, 0.5) is 5.69 Å². The predicted octanol–water partition coefficient (Wildman–Crippen LogP) is 4.80. The number of rotatable bonds is 6. The molecule has 0 aliphatic carbocycles. The summed E-state index contributed by atoms with van der Waals surface area (Å²) in [6.07, 6.45) is 5.06. The van der Waals surface area contributed by atoms with Gasteiger partial charge in [-0.2, -0.15) is 0 Å². The molecule has 0 bridgehead atoms. The minimum Gasteiger partial charge on any atom is -0.372 e. The fraction of sp³-hybridized carbons (Fsp3) is 0.381. The van der Waals surface area contributed by atoms with Crippen LogP contribution in [-0.2, 0) is 6.42 Å². The summed E-state index contributed by atoms with van der Waals surface area (Å²) < 4.78 is 0. The van der Waals surface area contributed by atoms with Gasteiger partial charge < -0.3 is 4.90 Å². The summed E-state index contributed by atoms with van der Waals surface area (Å²) in [7, 11) is 0. The molecule has 2 heteroatoms. The monoisotopic (exact) mass is 307 g/mol. The Balaban J connectivity index is 1.50. The van der Waals surface area contributed by atoms with Crippen LogP contribution in [0.3, 0.4) is 0 Å². The number of carbonyl (C=O) groups is 1. The van der Waals surface area contributed by atoms with Gasteiger partial charge in [0.25, 0.3) is 0 Å². The standard InChI is InChI=1S/C21H25NO/c1-17-7-9-18(10-8-17)5-4-6-21(23)19-11-13-20(14-12-19)22-15-2-3-16-22/h7-14H,2-6,15-16H2,1H3. The van der Waals surface area contributed by atoms with E-state index in [1.54, 1.807) is 0 Å². The molecule has 2 aromatic carbocycles. The maximum atomic E-state index is 12.3. The summed E-state index contributed by atoms with van der Waals surface area (Å²) in [4.78, 5) is 14.7. The quantitative estimate of drug-likeness (QED) is 0.714. The summed E-state index contributed by atoms with van der Waals surface area (Å²) in [6.45, 7) is 4.38. The molecule has 1 aliphatic rings. The van der Waals surface area contributed by atoms with Crippen molar-refractivity contribution in [2.45, 2.75) is 39.0 Å². The number of Topliss-reactive ketones (excluding diaryl/α,β-unsaturated/α-hetero) is 1. The second-order valence-corrected chi connectivity index (χ2v) is 6.50. The van der Waals surface area contributed by atoms with E-state index in [-0.39, 0.29) is 5.78 Å². The number of hydrogen-bond donors (Lipinski definition) is 0. The van der Waals surface area contributed by atoms with Gasteiger partial charge in [0.05, 0.1) is 0 Å². The minimum absolute atomic E-state index is 0.255. The van der Waals surface area contributed by atoms with Crippen molar-refractivity contribution in [3.63, 3.8) is 0 Å². The average molecular weight is 307 g/mol. The molecule has 1 fully saturated rings. The zero-order valence-electron chi connectivity index (χ0n) is 13.9. The molecular weight excluding hydrogens is 282 g/mol. The Bertz CT molecular complexity index is 637. The summed E-state index contributed by atoms with van der Waals surface area (Å²) in [5, 5.41) is 0. The van der Waals surface area contributed by atoms with Crippen LogP contribution in [0, 0.1) is 6.92 Å². The van der Waals surface area contributed by atoms with Crippen LogP contribution < -0.4 is 4.90 Å². The highest BCUT2D eigenvalue weighted by molar-refractivity contribution is 5.96. The maximum absolute atomic E-state index is 12.3. The van der Waals surface area contributed by atoms with Crippen molar-refractivity contribution in [1.29, 1.82) is 0 Å². The molecule has 23 heavy (non-hydrogen) atoms. The van der Waals surface area contributed by atoms with Crippen LogP contribution in [0.25, 0.3) is 0 Å². The summed E-state index contributed by atoms with van der Waals surface area (Å²) in [5.74, 6) is 0.255. The van der Waals surface area contributed by atoms with Crippen LogP contribution in [0.1, 0.15) is 47.2 Å². The molecule has 1 saturated heterocycles. The van der Waals surface area contributed by atoms with E-state index in [4.69, 9.17) is 0 Å². The highest BCUT2D eigenvalue weighted by atomic mass is 16.1. The molecule has 0 amide bonds. The molecule has 0 saturated carbocycles. The number of carbonyl (C=O) groups excluding carboxylic acids is 1. The van der Waals surface area contributed by atoms with Gasteiger partial charge in [0, 0.05) is 30.8 Å². The molecular formula is C21H25NO. The predicted molar refractivity (Wildman–Crippen MR) is 96.3 cm³/mol. The molecule has 0 unspecified atom stereocenters. The van der Waals surface area contributed by atoms with Crippen LogP contribution in [-0.4, -0.2) is 18.9 Å². The summed E-state index contributed by atoms with van der Waals surface area (Å²) >= 11 is 0. The molecule has 1 aliphatic heterocycles. The van der Waals surface area contributed by atoms with Crippen molar-refractivity contribution >= 4 is 11.5 Å². The Morgan fingerprint density at radius 1 is 0.957 bits per heavy atom. The number of benzene rings is 2. The Hall–Kier alpha value is -2.09. The third-order valence-corrected chi connectivity index (χ3v) is 4.65. The zero-order valence-corrected chi connectivity index (χ0v) is 13.9. The number of nitrogens with zero attached hydrogens (tertiary/aromatic N) is 1. The average Bonchev–Trinajstić information content (AvgIpc) is 3.11. The van der Waals surface area contributed by atoms with E-state index in [9.17, 15) is 4.79 Å². The third-order valence-electron chi connectivity index (χ3n) is 4.65. The molecule has 0 radical (unpaired) electrons. The van der Waals surface area contributed by atoms with Gasteiger partial charge in [0.2, 0.25) is 0 Å². The van der Waals surface area contributed by atoms with E-state index in [1.165, 1.54) is 29.7 Å². The topological polar surface area (TPSA) is 20.3 Å². The van der Waals surface area contributed by atoms with Gasteiger partial charge in [-0.1, -0.05) is 29.8 Å².